The maximum Gasteiger partial charge on any atom is 0.252 e. The van der Waals surface area contributed by atoms with Crippen LogP contribution in [0.25, 0.3) is 11.3 Å². The fraction of sp³-hybridized carbons (Fsp3) is 0.261. The van der Waals surface area contributed by atoms with Crippen LogP contribution in [0.2, 0.25) is 5.02 Å². The summed E-state index contributed by atoms with van der Waals surface area (Å²) in [4.78, 5) is 26.9. The van der Waals surface area contributed by atoms with Gasteiger partial charge in [0, 0.05) is 17.1 Å². The zero-order chi connectivity index (χ0) is 21.4. The maximum atomic E-state index is 12.9. The third kappa shape index (κ3) is 3.83. The first-order valence-corrected chi connectivity index (χ1v) is 10.2. The van der Waals surface area contributed by atoms with Crippen molar-refractivity contribution in [1.29, 1.82) is 0 Å². The number of hydrogen-bond donors (Lipinski definition) is 1. The van der Waals surface area contributed by atoms with Gasteiger partial charge in [-0.2, -0.15) is 5.10 Å². The summed E-state index contributed by atoms with van der Waals surface area (Å²) in [6, 6.07) is 13.5. The zero-order valence-electron chi connectivity index (χ0n) is 17.0. The first-order valence-electron chi connectivity index (χ1n) is 9.83. The van der Waals surface area contributed by atoms with Gasteiger partial charge >= 0.3 is 0 Å². The number of benzene rings is 2. The van der Waals surface area contributed by atoms with Gasteiger partial charge in [-0.1, -0.05) is 53.6 Å². The van der Waals surface area contributed by atoms with Crippen LogP contribution in [-0.2, 0) is 24.3 Å². The summed E-state index contributed by atoms with van der Waals surface area (Å²) in [5, 5.41) is 5.22. The molecule has 0 bridgehead atoms. The molecule has 0 atom stereocenters. The average molecular weight is 423 g/mol. The van der Waals surface area contributed by atoms with Crippen molar-refractivity contribution in [2.75, 3.05) is 6.54 Å². The number of carbonyl (C=O) groups excluding carboxylic acids is 2. The van der Waals surface area contributed by atoms with E-state index in [1.54, 1.807) is 15.6 Å². The zero-order valence-corrected chi connectivity index (χ0v) is 17.7. The molecule has 1 aromatic heterocycles. The summed E-state index contributed by atoms with van der Waals surface area (Å²) in [5.74, 6) is -0.544. The van der Waals surface area contributed by atoms with Crippen LogP contribution in [0.15, 0.2) is 42.5 Å². The number of carbonyl (C=O) groups is 2. The molecule has 2 heterocycles. The third-order valence-electron chi connectivity index (χ3n) is 5.50. The number of aryl methyl sites for hydroxylation is 2. The van der Waals surface area contributed by atoms with Crippen LogP contribution < -0.4 is 5.73 Å². The normalized spacial score (nSPS) is 13.2. The highest BCUT2D eigenvalue weighted by Gasteiger charge is 2.29. The molecule has 0 saturated heterocycles. The summed E-state index contributed by atoms with van der Waals surface area (Å²) < 4.78 is 1.78. The van der Waals surface area contributed by atoms with E-state index in [2.05, 4.69) is 5.10 Å². The SMILES string of the molecule is Cc1ccc(CC(=O)N2CCn3nc(-c4ccc(C)c(Cl)c4)c(C(N)=O)c3C2)cc1. The van der Waals surface area contributed by atoms with Crippen molar-refractivity contribution >= 4 is 23.4 Å². The van der Waals surface area contributed by atoms with Gasteiger partial charge in [-0.25, -0.2) is 0 Å². The van der Waals surface area contributed by atoms with Crippen LogP contribution in [0.3, 0.4) is 0 Å². The number of fused-ring (bicyclic) bond motifs is 1. The lowest BCUT2D eigenvalue weighted by molar-refractivity contribution is -0.132. The number of aromatic nitrogens is 2. The topological polar surface area (TPSA) is 81.2 Å². The first kappa shape index (κ1) is 20.2. The maximum absolute atomic E-state index is 12.9. The van der Waals surface area contributed by atoms with Crippen LogP contribution >= 0.6 is 11.6 Å². The molecule has 2 aromatic carbocycles. The van der Waals surface area contributed by atoms with Gasteiger partial charge < -0.3 is 10.6 Å². The lowest BCUT2D eigenvalue weighted by Gasteiger charge is -2.28. The molecule has 4 rings (SSSR count). The molecule has 6 nitrogen and oxygen atoms in total. The Balaban J connectivity index is 1.63. The van der Waals surface area contributed by atoms with Crippen molar-refractivity contribution in [2.45, 2.75) is 33.4 Å². The predicted octanol–water partition coefficient (Wildman–Crippen LogP) is 3.50. The monoisotopic (exact) mass is 422 g/mol. The Labute approximate surface area is 180 Å². The number of rotatable bonds is 4. The molecule has 0 saturated carbocycles. The van der Waals surface area contributed by atoms with E-state index in [1.807, 2.05) is 50.2 Å². The van der Waals surface area contributed by atoms with E-state index in [0.717, 1.165) is 22.3 Å². The number of nitrogens with zero attached hydrogens (tertiary/aromatic N) is 3. The van der Waals surface area contributed by atoms with Crippen molar-refractivity contribution in [2.24, 2.45) is 5.73 Å². The molecular formula is C23H23ClN4O2. The van der Waals surface area contributed by atoms with Crippen LogP contribution in [0, 0.1) is 13.8 Å². The van der Waals surface area contributed by atoms with Gasteiger partial charge in [-0.15, -0.1) is 0 Å². The molecule has 1 aliphatic rings. The van der Waals surface area contributed by atoms with E-state index in [1.165, 1.54) is 0 Å². The minimum Gasteiger partial charge on any atom is -0.365 e. The van der Waals surface area contributed by atoms with E-state index in [0.29, 0.717) is 48.0 Å². The lowest BCUT2D eigenvalue weighted by Crippen LogP contribution is -2.40. The summed E-state index contributed by atoms with van der Waals surface area (Å²) >= 11 is 6.27. The van der Waals surface area contributed by atoms with E-state index >= 15 is 0 Å². The quantitative estimate of drug-likeness (QED) is 0.698. The van der Waals surface area contributed by atoms with Crippen molar-refractivity contribution in [1.82, 2.24) is 14.7 Å². The Morgan fingerprint density at radius 1 is 1.10 bits per heavy atom. The number of amides is 2. The summed E-state index contributed by atoms with van der Waals surface area (Å²) in [6.07, 6.45) is 0.320. The van der Waals surface area contributed by atoms with E-state index in [-0.39, 0.29) is 5.91 Å². The predicted molar refractivity (Wildman–Crippen MR) is 116 cm³/mol. The summed E-state index contributed by atoms with van der Waals surface area (Å²) in [7, 11) is 0. The van der Waals surface area contributed by atoms with Gasteiger partial charge in [-0.3, -0.25) is 14.3 Å². The minimum atomic E-state index is -0.559. The minimum absolute atomic E-state index is 0.0154. The second-order valence-corrected chi connectivity index (χ2v) is 8.11. The molecule has 2 amide bonds. The fourth-order valence-corrected chi connectivity index (χ4v) is 3.90. The Bertz CT molecular complexity index is 1130. The van der Waals surface area contributed by atoms with Gasteiger partial charge in [0.2, 0.25) is 5.91 Å². The molecule has 0 radical (unpaired) electrons. The highest BCUT2D eigenvalue weighted by molar-refractivity contribution is 6.31. The van der Waals surface area contributed by atoms with Crippen molar-refractivity contribution in [3.8, 4) is 11.3 Å². The van der Waals surface area contributed by atoms with Crippen LogP contribution in [0.4, 0.5) is 0 Å². The molecule has 0 unspecified atom stereocenters. The van der Waals surface area contributed by atoms with E-state index in [4.69, 9.17) is 17.3 Å². The molecule has 0 aliphatic carbocycles. The van der Waals surface area contributed by atoms with Crippen LogP contribution in [-0.4, -0.2) is 33.0 Å². The number of nitrogens with two attached hydrogens (primary N) is 1. The van der Waals surface area contributed by atoms with Crippen LogP contribution in [0.5, 0.6) is 0 Å². The standard InChI is InChI=1S/C23H23ClN4O2/c1-14-3-6-16(7-4-14)11-20(29)27-9-10-28-19(13-27)21(23(25)30)22(26-28)17-8-5-15(2)18(24)12-17/h3-8,12H,9-11,13H2,1-2H3,(H2,25,30). The molecule has 154 valence electrons. The molecule has 0 spiro atoms. The smallest absolute Gasteiger partial charge is 0.252 e. The number of primary amides is 1. The first-order chi connectivity index (χ1) is 14.3. The van der Waals surface area contributed by atoms with Gasteiger partial charge in [0.15, 0.2) is 0 Å². The van der Waals surface area contributed by atoms with Gasteiger partial charge in [0.05, 0.1) is 30.8 Å². The molecule has 0 fully saturated rings. The Kier molecular flexibility index (Phi) is 5.35. The Morgan fingerprint density at radius 2 is 1.83 bits per heavy atom. The van der Waals surface area contributed by atoms with Crippen molar-refractivity contribution < 1.29 is 9.59 Å². The fourth-order valence-electron chi connectivity index (χ4n) is 3.72. The van der Waals surface area contributed by atoms with Crippen molar-refractivity contribution in [3.63, 3.8) is 0 Å². The highest BCUT2D eigenvalue weighted by atomic mass is 35.5. The van der Waals surface area contributed by atoms with E-state index < -0.39 is 5.91 Å². The Morgan fingerprint density at radius 3 is 2.50 bits per heavy atom. The van der Waals surface area contributed by atoms with Gasteiger partial charge in [0.25, 0.3) is 5.91 Å². The molecule has 7 heteroatoms. The average Bonchev–Trinajstić information content (AvgIpc) is 3.10. The second kappa shape index (κ2) is 7.95. The molecule has 30 heavy (non-hydrogen) atoms. The summed E-state index contributed by atoms with van der Waals surface area (Å²) in [6.45, 7) is 5.27. The van der Waals surface area contributed by atoms with Gasteiger partial charge in [0.1, 0.15) is 5.69 Å². The molecule has 2 N–H and O–H groups in total. The third-order valence-corrected chi connectivity index (χ3v) is 5.91. The van der Waals surface area contributed by atoms with Crippen molar-refractivity contribution in [3.05, 3.63) is 75.4 Å². The lowest BCUT2D eigenvalue weighted by atomic mass is 10.0. The summed E-state index contributed by atoms with van der Waals surface area (Å²) in [5.41, 5.74) is 11.0. The van der Waals surface area contributed by atoms with Crippen LogP contribution in [0.1, 0.15) is 32.7 Å². The molecule has 1 aliphatic heterocycles. The number of hydrogen-bond acceptors (Lipinski definition) is 3. The molecular weight excluding hydrogens is 400 g/mol. The number of halogens is 1. The highest BCUT2D eigenvalue weighted by Crippen LogP contribution is 2.31. The molecule has 3 aromatic rings. The largest absolute Gasteiger partial charge is 0.365 e. The Hall–Kier alpha value is -3.12. The van der Waals surface area contributed by atoms with Gasteiger partial charge in [-0.05, 0) is 31.0 Å². The van der Waals surface area contributed by atoms with E-state index in [9.17, 15) is 9.59 Å². The second-order valence-electron chi connectivity index (χ2n) is 7.70.